The minimum absolute atomic E-state index is 0. The smallest absolute Gasteiger partial charge is 0.241 e. The third-order valence-electron chi connectivity index (χ3n) is 11.5. The van der Waals surface area contributed by atoms with Crippen molar-refractivity contribution in [2.75, 3.05) is 0 Å². The molecule has 0 bridgehead atoms. The van der Waals surface area contributed by atoms with Gasteiger partial charge in [0.05, 0.1) is 0 Å². The Morgan fingerprint density at radius 1 is 0.525 bits per heavy atom. The van der Waals surface area contributed by atoms with Crippen LogP contribution in [-0.2, 0) is 20.1 Å². The maximum Gasteiger partial charge on any atom is 0.241 e. The van der Waals surface area contributed by atoms with Crippen LogP contribution in [0.15, 0.2) is 134 Å². The number of aromatic nitrogens is 2. The van der Waals surface area contributed by atoms with Crippen LogP contribution < -0.4 is 25.9 Å². The molecule has 0 amide bonds. The van der Waals surface area contributed by atoms with Gasteiger partial charge in [0.25, 0.3) is 0 Å². The van der Waals surface area contributed by atoms with Gasteiger partial charge >= 0.3 is 0 Å². The van der Waals surface area contributed by atoms with Crippen molar-refractivity contribution in [2.24, 2.45) is 0 Å². The molecule has 4 nitrogen and oxygen atoms in total. The minimum Gasteiger partial charge on any atom is -0.503 e. The molecule has 2 aliphatic heterocycles. The van der Waals surface area contributed by atoms with Crippen molar-refractivity contribution in [3.8, 4) is 67.8 Å². The van der Waals surface area contributed by atoms with Crippen LogP contribution in [0.3, 0.4) is 0 Å². The number of nitrogens with zero attached hydrogens (tertiary/aromatic N) is 2. The van der Waals surface area contributed by atoms with Crippen LogP contribution in [-0.4, -0.2) is 16.7 Å². The molecule has 8 aromatic rings. The Kier molecular flexibility index (Phi) is 11.0. The van der Waals surface area contributed by atoms with Gasteiger partial charge in [0.15, 0.2) is 0 Å². The van der Waals surface area contributed by atoms with Gasteiger partial charge in [-0.3, -0.25) is 0 Å². The Hall–Kier alpha value is -6.07. The third-order valence-corrected chi connectivity index (χ3v) is 11.5. The van der Waals surface area contributed by atoms with Gasteiger partial charge in [0.1, 0.15) is 17.2 Å². The Morgan fingerprint density at radius 3 is 1.95 bits per heavy atom. The van der Waals surface area contributed by atoms with E-state index in [0.29, 0.717) is 0 Å². The summed E-state index contributed by atoms with van der Waals surface area (Å²) >= 11 is 0. The maximum absolute atomic E-state index is 6.58. The van der Waals surface area contributed by atoms with Crippen LogP contribution in [0.4, 0.5) is 0 Å². The first-order valence-corrected chi connectivity index (χ1v) is 19.8. The molecule has 59 heavy (non-hydrogen) atoms. The van der Waals surface area contributed by atoms with E-state index >= 15 is 0 Å². The maximum atomic E-state index is 6.58. The first-order valence-electron chi connectivity index (χ1n) is 19.8. The van der Waals surface area contributed by atoms with Crippen molar-refractivity contribution >= 4 is 23.1 Å². The third kappa shape index (κ3) is 7.44. The fourth-order valence-electron chi connectivity index (χ4n) is 8.50. The van der Waals surface area contributed by atoms with Gasteiger partial charge in [-0.1, -0.05) is 108 Å². The number of pyridine rings is 2. The van der Waals surface area contributed by atoms with Gasteiger partial charge in [-0.2, -0.15) is 0 Å². The predicted molar refractivity (Wildman–Crippen MR) is 239 cm³/mol. The van der Waals surface area contributed by atoms with E-state index in [1.165, 1.54) is 55.6 Å². The Bertz CT molecular complexity index is 2870. The predicted octanol–water partition coefficient (Wildman–Crippen LogP) is 11.3. The zero-order chi connectivity index (χ0) is 40.1. The SMILES string of the molecule is Cc1cc(C)c(-c2cnc(-c3[c-]ccc4c3Oc3cccc5c3B4c3ccccc3O5)cc2C)c(C)c1.Cc1cnc(-c2[c-]cc(C)c(-c3ccccc3)c2)cc1C.[Ir]. The average molecular weight is 943 g/mol. The standard InChI is InChI=1S/C33H25BNO2.C20H18N.Ir/c1-19-15-21(3)31(22(4)16-19)24-18-35-27(17-20(24)2)23-9-7-11-26-33(23)37-30-14-8-13-29-32(30)34(26)25-10-5-6-12-28(25)36-29;1-14-9-10-18(20-11-15(2)16(3)13-21-20)12-19(14)17-7-5-4-6-8-17;/h5-8,10-18H,1-4H3;4-9,11-13H,1-3H3;/q2*-1;. The van der Waals surface area contributed by atoms with Crippen LogP contribution in [0.25, 0.3) is 44.8 Å². The molecule has 2 aromatic heterocycles. The van der Waals surface area contributed by atoms with Gasteiger partial charge in [0.2, 0.25) is 6.71 Å². The molecule has 0 aliphatic carbocycles. The summed E-state index contributed by atoms with van der Waals surface area (Å²) in [7, 11) is 0. The zero-order valence-corrected chi connectivity index (χ0v) is 36.7. The van der Waals surface area contributed by atoms with Crippen LogP contribution >= 0.6 is 0 Å². The average Bonchev–Trinajstić information content (AvgIpc) is 3.22. The van der Waals surface area contributed by atoms with Gasteiger partial charge in [-0.25, -0.2) is 0 Å². The summed E-state index contributed by atoms with van der Waals surface area (Å²) < 4.78 is 12.8. The molecule has 291 valence electrons. The molecule has 1 radical (unpaired) electrons. The molecular weight excluding hydrogens is 900 g/mol. The number of benzene rings is 6. The van der Waals surface area contributed by atoms with Crippen LogP contribution in [0.2, 0.25) is 0 Å². The van der Waals surface area contributed by atoms with Gasteiger partial charge in [-0.15, -0.1) is 53.0 Å². The molecule has 0 saturated carbocycles. The van der Waals surface area contributed by atoms with Gasteiger partial charge in [-0.05, 0) is 110 Å². The van der Waals surface area contributed by atoms with Gasteiger partial charge < -0.3 is 19.4 Å². The van der Waals surface area contributed by atoms with E-state index in [2.05, 4.69) is 144 Å². The molecule has 0 atom stereocenters. The van der Waals surface area contributed by atoms with Gasteiger partial charge in [0, 0.05) is 49.3 Å². The first-order chi connectivity index (χ1) is 28.1. The number of fused-ring (bicyclic) bond motifs is 4. The largest absolute Gasteiger partial charge is 0.503 e. The normalized spacial score (nSPS) is 11.7. The molecule has 6 heteroatoms. The van der Waals surface area contributed by atoms with E-state index in [9.17, 15) is 0 Å². The minimum atomic E-state index is 0. The summed E-state index contributed by atoms with van der Waals surface area (Å²) in [6.07, 6.45) is 3.93. The van der Waals surface area contributed by atoms with Crippen molar-refractivity contribution in [1.29, 1.82) is 0 Å². The molecule has 6 aromatic carbocycles. The van der Waals surface area contributed by atoms with Crippen molar-refractivity contribution in [3.63, 3.8) is 0 Å². The summed E-state index contributed by atoms with van der Waals surface area (Å²) in [6, 6.07) is 48.6. The van der Waals surface area contributed by atoms with E-state index in [0.717, 1.165) is 67.5 Å². The summed E-state index contributed by atoms with van der Waals surface area (Å²) in [6.45, 7) is 15.0. The molecule has 2 aliphatic rings. The number of para-hydroxylation sites is 1. The Labute approximate surface area is 361 Å². The second kappa shape index (κ2) is 16.3. The zero-order valence-electron chi connectivity index (χ0n) is 34.3. The summed E-state index contributed by atoms with van der Waals surface area (Å²) in [4.78, 5) is 9.49. The summed E-state index contributed by atoms with van der Waals surface area (Å²) in [5.41, 5.74) is 20.7. The fourth-order valence-corrected chi connectivity index (χ4v) is 8.50. The van der Waals surface area contributed by atoms with E-state index in [-0.39, 0.29) is 26.8 Å². The number of rotatable bonds is 4. The van der Waals surface area contributed by atoms with Crippen LogP contribution in [0.1, 0.15) is 38.9 Å². The molecule has 10 rings (SSSR count). The van der Waals surface area contributed by atoms with Crippen molar-refractivity contribution < 1.29 is 29.6 Å². The molecule has 4 heterocycles. The van der Waals surface area contributed by atoms with Crippen LogP contribution in [0.5, 0.6) is 23.0 Å². The fraction of sp³-hybridized carbons (Fsp3) is 0.132. The van der Waals surface area contributed by atoms with E-state index in [4.69, 9.17) is 14.5 Å². The number of hydrogen-bond acceptors (Lipinski definition) is 4. The van der Waals surface area contributed by atoms with E-state index in [1.807, 2.05) is 54.9 Å². The Morgan fingerprint density at radius 2 is 1.20 bits per heavy atom. The Balaban J connectivity index is 0.000000188. The summed E-state index contributed by atoms with van der Waals surface area (Å²) in [5, 5.41) is 0. The summed E-state index contributed by atoms with van der Waals surface area (Å²) in [5.74, 6) is 3.38. The molecule has 0 N–H and O–H groups in total. The molecule has 0 spiro atoms. The molecular formula is C53H43BIrN2O2-2. The van der Waals surface area contributed by atoms with Crippen molar-refractivity contribution in [2.45, 2.75) is 48.5 Å². The van der Waals surface area contributed by atoms with E-state index < -0.39 is 0 Å². The molecule has 0 saturated heterocycles. The van der Waals surface area contributed by atoms with Crippen LogP contribution in [0, 0.1) is 60.6 Å². The number of ether oxygens (including phenoxy) is 2. The number of hydrogen-bond donors (Lipinski definition) is 0. The quantitative estimate of drug-likeness (QED) is 0.130. The molecule has 0 unspecified atom stereocenters. The topological polar surface area (TPSA) is 44.2 Å². The number of aryl methyl sites for hydroxylation is 7. The monoisotopic (exact) mass is 943 g/mol. The second-order valence-electron chi connectivity index (χ2n) is 15.6. The molecule has 0 fully saturated rings. The van der Waals surface area contributed by atoms with E-state index in [1.54, 1.807) is 0 Å². The van der Waals surface area contributed by atoms with Crippen molar-refractivity contribution in [3.05, 3.63) is 185 Å². The first kappa shape index (κ1) is 39.7. The second-order valence-corrected chi connectivity index (χ2v) is 15.6. The van der Waals surface area contributed by atoms with Crippen molar-refractivity contribution in [1.82, 2.24) is 9.97 Å².